The van der Waals surface area contributed by atoms with Crippen LogP contribution in [-0.4, -0.2) is 10.5 Å². The predicted molar refractivity (Wildman–Crippen MR) is 90.3 cm³/mol. The SMILES string of the molecule is Cn1ccc(C(=O)NC(c2ccccc2)C2CCCC2)cc1=O. The smallest absolute Gasteiger partial charge is 0.252 e. The quantitative estimate of drug-likeness (QED) is 0.943. The largest absolute Gasteiger partial charge is 0.345 e. The summed E-state index contributed by atoms with van der Waals surface area (Å²) in [6.07, 6.45) is 6.34. The first-order valence-corrected chi connectivity index (χ1v) is 8.17. The first-order chi connectivity index (χ1) is 11.1. The molecule has 0 bridgehead atoms. The van der Waals surface area contributed by atoms with Crippen LogP contribution >= 0.6 is 0 Å². The van der Waals surface area contributed by atoms with Crippen LogP contribution in [0.2, 0.25) is 0 Å². The van der Waals surface area contributed by atoms with E-state index in [1.165, 1.54) is 23.5 Å². The first-order valence-electron chi connectivity index (χ1n) is 8.17. The molecule has 4 heteroatoms. The molecule has 0 aliphatic heterocycles. The van der Waals surface area contributed by atoms with Gasteiger partial charge >= 0.3 is 0 Å². The van der Waals surface area contributed by atoms with Crippen molar-refractivity contribution in [2.75, 3.05) is 0 Å². The van der Waals surface area contributed by atoms with Gasteiger partial charge in [0, 0.05) is 24.9 Å². The molecule has 0 saturated heterocycles. The van der Waals surface area contributed by atoms with E-state index in [0.29, 0.717) is 11.5 Å². The van der Waals surface area contributed by atoms with Crippen LogP contribution < -0.4 is 10.9 Å². The van der Waals surface area contributed by atoms with Crippen LogP contribution in [0.15, 0.2) is 53.5 Å². The van der Waals surface area contributed by atoms with E-state index in [1.807, 2.05) is 18.2 Å². The van der Waals surface area contributed by atoms with Gasteiger partial charge in [-0.3, -0.25) is 9.59 Å². The number of nitrogens with zero attached hydrogens (tertiary/aromatic N) is 1. The van der Waals surface area contributed by atoms with Crippen LogP contribution in [0.25, 0.3) is 0 Å². The lowest BCUT2D eigenvalue weighted by atomic mass is 9.91. The Bertz CT molecular complexity index is 731. The molecule has 1 fully saturated rings. The van der Waals surface area contributed by atoms with Gasteiger partial charge in [0.25, 0.3) is 11.5 Å². The van der Waals surface area contributed by atoms with Crippen LogP contribution in [0.4, 0.5) is 0 Å². The third kappa shape index (κ3) is 3.52. The molecule has 0 radical (unpaired) electrons. The Morgan fingerprint density at radius 3 is 2.52 bits per heavy atom. The van der Waals surface area contributed by atoms with Crippen LogP contribution in [0, 0.1) is 5.92 Å². The Balaban J connectivity index is 1.84. The molecule has 1 aliphatic rings. The van der Waals surface area contributed by atoms with E-state index >= 15 is 0 Å². The summed E-state index contributed by atoms with van der Waals surface area (Å²) in [5.41, 5.74) is 1.39. The standard InChI is InChI=1S/C19H22N2O2/c1-21-12-11-16(13-17(21)22)19(23)20-18(15-9-5-6-10-15)14-7-3-2-4-8-14/h2-4,7-8,11-13,15,18H,5-6,9-10H2,1H3,(H,20,23). The predicted octanol–water partition coefficient (Wildman–Crippen LogP) is 3.05. The second kappa shape index (κ2) is 6.82. The first kappa shape index (κ1) is 15.5. The Morgan fingerprint density at radius 2 is 1.87 bits per heavy atom. The molecule has 1 aromatic carbocycles. The highest BCUT2D eigenvalue weighted by molar-refractivity contribution is 5.94. The maximum Gasteiger partial charge on any atom is 0.252 e. The molecule has 1 aromatic heterocycles. The molecule has 1 amide bonds. The summed E-state index contributed by atoms with van der Waals surface area (Å²) < 4.78 is 1.46. The molecule has 2 aromatic rings. The Kier molecular flexibility index (Phi) is 4.60. The zero-order valence-corrected chi connectivity index (χ0v) is 13.4. The molecule has 120 valence electrons. The van der Waals surface area contributed by atoms with Crippen LogP contribution in [0.5, 0.6) is 0 Å². The van der Waals surface area contributed by atoms with Crippen molar-refractivity contribution in [3.05, 3.63) is 70.1 Å². The molecule has 1 heterocycles. The van der Waals surface area contributed by atoms with Gasteiger partial charge in [0.1, 0.15) is 0 Å². The highest BCUT2D eigenvalue weighted by Crippen LogP contribution is 2.35. The number of pyridine rings is 1. The van der Waals surface area contributed by atoms with E-state index in [4.69, 9.17) is 0 Å². The maximum atomic E-state index is 12.6. The Hall–Kier alpha value is -2.36. The molecule has 1 N–H and O–H groups in total. The maximum absolute atomic E-state index is 12.6. The lowest BCUT2D eigenvalue weighted by Crippen LogP contribution is -2.33. The molecule has 4 nitrogen and oxygen atoms in total. The van der Waals surface area contributed by atoms with Crippen molar-refractivity contribution in [1.82, 2.24) is 9.88 Å². The minimum atomic E-state index is -0.177. The fourth-order valence-electron chi connectivity index (χ4n) is 3.34. The van der Waals surface area contributed by atoms with E-state index in [2.05, 4.69) is 17.4 Å². The topological polar surface area (TPSA) is 51.1 Å². The molecule has 1 atom stereocenters. The van der Waals surface area contributed by atoms with E-state index in [0.717, 1.165) is 18.4 Å². The molecule has 23 heavy (non-hydrogen) atoms. The lowest BCUT2D eigenvalue weighted by Gasteiger charge is -2.25. The third-order valence-corrected chi connectivity index (χ3v) is 4.68. The average molecular weight is 310 g/mol. The van der Waals surface area contributed by atoms with Gasteiger partial charge < -0.3 is 9.88 Å². The second-order valence-electron chi connectivity index (χ2n) is 6.27. The highest BCUT2D eigenvalue weighted by Gasteiger charge is 2.28. The number of carbonyl (C=O) groups excluding carboxylic acids is 1. The monoisotopic (exact) mass is 310 g/mol. The number of hydrogen-bond donors (Lipinski definition) is 1. The zero-order chi connectivity index (χ0) is 16.2. The van der Waals surface area contributed by atoms with Crippen LogP contribution in [0.3, 0.4) is 0 Å². The number of hydrogen-bond acceptors (Lipinski definition) is 2. The van der Waals surface area contributed by atoms with Crippen molar-refractivity contribution in [3.63, 3.8) is 0 Å². The number of aromatic nitrogens is 1. The van der Waals surface area contributed by atoms with Crippen molar-refractivity contribution in [2.24, 2.45) is 13.0 Å². The van der Waals surface area contributed by atoms with Crippen molar-refractivity contribution in [1.29, 1.82) is 0 Å². The number of amides is 1. The minimum Gasteiger partial charge on any atom is -0.345 e. The molecular formula is C19H22N2O2. The van der Waals surface area contributed by atoms with Gasteiger partial charge in [0.2, 0.25) is 0 Å². The molecule has 1 aliphatic carbocycles. The molecule has 1 unspecified atom stereocenters. The second-order valence-corrected chi connectivity index (χ2v) is 6.27. The summed E-state index contributed by atoms with van der Waals surface area (Å²) in [6, 6.07) is 13.2. The van der Waals surface area contributed by atoms with Crippen LogP contribution in [-0.2, 0) is 7.05 Å². The Morgan fingerprint density at radius 1 is 1.17 bits per heavy atom. The normalized spacial score (nSPS) is 16.2. The number of nitrogens with one attached hydrogen (secondary N) is 1. The van der Waals surface area contributed by atoms with E-state index < -0.39 is 0 Å². The minimum absolute atomic E-state index is 0.00950. The zero-order valence-electron chi connectivity index (χ0n) is 13.4. The number of benzene rings is 1. The van der Waals surface area contributed by atoms with E-state index in [1.54, 1.807) is 19.3 Å². The summed E-state index contributed by atoms with van der Waals surface area (Å²) in [7, 11) is 1.68. The van der Waals surface area contributed by atoms with Gasteiger partial charge in [0.15, 0.2) is 0 Å². The summed E-state index contributed by atoms with van der Waals surface area (Å²) in [5.74, 6) is 0.288. The average Bonchev–Trinajstić information content (AvgIpc) is 3.10. The number of aryl methyl sites for hydroxylation is 1. The van der Waals surface area contributed by atoms with Gasteiger partial charge in [-0.25, -0.2) is 0 Å². The van der Waals surface area contributed by atoms with Crippen molar-refractivity contribution in [3.8, 4) is 0 Å². The number of rotatable bonds is 4. The Labute approximate surface area is 136 Å². The molecule has 3 rings (SSSR count). The third-order valence-electron chi connectivity index (χ3n) is 4.68. The lowest BCUT2D eigenvalue weighted by molar-refractivity contribution is 0.0921. The fraction of sp³-hybridized carbons (Fsp3) is 0.368. The van der Waals surface area contributed by atoms with Gasteiger partial charge in [0.05, 0.1) is 6.04 Å². The summed E-state index contributed by atoms with van der Waals surface area (Å²) in [4.78, 5) is 24.3. The van der Waals surface area contributed by atoms with Gasteiger partial charge in [-0.2, -0.15) is 0 Å². The fourth-order valence-corrected chi connectivity index (χ4v) is 3.34. The molecular weight excluding hydrogens is 288 g/mol. The van der Waals surface area contributed by atoms with Gasteiger partial charge in [-0.15, -0.1) is 0 Å². The summed E-state index contributed by atoms with van der Waals surface area (Å²) >= 11 is 0. The van der Waals surface area contributed by atoms with Gasteiger partial charge in [-0.1, -0.05) is 43.2 Å². The van der Waals surface area contributed by atoms with E-state index in [9.17, 15) is 9.59 Å². The van der Waals surface area contributed by atoms with Crippen molar-refractivity contribution < 1.29 is 4.79 Å². The van der Waals surface area contributed by atoms with Gasteiger partial charge in [-0.05, 0) is 30.4 Å². The highest BCUT2D eigenvalue weighted by atomic mass is 16.2. The number of carbonyl (C=O) groups is 1. The van der Waals surface area contributed by atoms with Crippen molar-refractivity contribution >= 4 is 5.91 Å². The summed E-state index contributed by atoms with van der Waals surface area (Å²) in [5, 5.41) is 3.15. The summed E-state index contributed by atoms with van der Waals surface area (Å²) in [6.45, 7) is 0. The van der Waals surface area contributed by atoms with Crippen LogP contribution in [0.1, 0.15) is 47.6 Å². The molecule has 0 spiro atoms. The van der Waals surface area contributed by atoms with E-state index in [-0.39, 0.29) is 17.5 Å². The van der Waals surface area contributed by atoms with Crippen molar-refractivity contribution in [2.45, 2.75) is 31.7 Å². The molecule has 1 saturated carbocycles.